The van der Waals surface area contributed by atoms with Gasteiger partial charge < -0.3 is 10.5 Å². The molecule has 0 radical (unpaired) electrons. The molecular formula is C20H18FNO. The van der Waals surface area contributed by atoms with Gasteiger partial charge in [0.2, 0.25) is 0 Å². The summed E-state index contributed by atoms with van der Waals surface area (Å²) in [7, 11) is 0. The highest BCUT2D eigenvalue weighted by Gasteiger charge is 2.06. The Morgan fingerprint density at radius 1 is 0.826 bits per heavy atom. The molecule has 0 saturated carbocycles. The van der Waals surface area contributed by atoms with Gasteiger partial charge in [-0.3, -0.25) is 0 Å². The summed E-state index contributed by atoms with van der Waals surface area (Å²) < 4.78 is 18.9. The van der Waals surface area contributed by atoms with Gasteiger partial charge in [-0.2, -0.15) is 0 Å². The van der Waals surface area contributed by atoms with Crippen LogP contribution < -0.4 is 10.5 Å². The fourth-order valence-corrected chi connectivity index (χ4v) is 2.44. The molecule has 0 amide bonds. The topological polar surface area (TPSA) is 35.2 Å². The second-order valence-electron chi connectivity index (χ2n) is 5.31. The Balaban J connectivity index is 1.80. The van der Waals surface area contributed by atoms with E-state index in [0.29, 0.717) is 13.2 Å². The first-order valence-electron chi connectivity index (χ1n) is 7.52. The van der Waals surface area contributed by atoms with E-state index in [0.717, 1.165) is 28.0 Å². The van der Waals surface area contributed by atoms with E-state index in [-0.39, 0.29) is 5.82 Å². The van der Waals surface area contributed by atoms with Crippen molar-refractivity contribution in [2.45, 2.75) is 13.2 Å². The summed E-state index contributed by atoms with van der Waals surface area (Å²) in [5.74, 6) is 0.540. The van der Waals surface area contributed by atoms with Crippen molar-refractivity contribution in [3.05, 3.63) is 89.7 Å². The van der Waals surface area contributed by atoms with Crippen LogP contribution in [0.25, 0.3) is 11.1 Å². The molecule has 0 saturated heterocycles. The second kappa shape index (κ2) is 7.07. The van der Waals surface area contributed by atoms with Crippen molar-refractivity contribution < 1.29 is 9.13 Å². The smallest absolute Gasteiger partial charge is 0.124 e. The van der Waals surface area contributed by atoms with Gasteiger partial charge >= 0.3 is 0 Å². The molecule has 0 aliphatic heterocycles. The fourth-order valence-electron chi connectivity index (χ4n) is 2.44. The minimum absolute atomic E-state index is 0.240. The summed E-state index contributed by atoms with van der Waals surface area (Å²) >= 11 is 0. The van der Waals surface area contributed by atoms with E-state index < -0.39 is 0 Å². The average Bonchev–Trinajstić information content (AvgIpc) is 2.61. The maximum absolute atomic E-state index is 13.0. The number of nitrogens with two attached hydrogens (primary N) is 1. The predicted molar refractivity (Wildman–Crippen MR) is 90.5 cm³/mol. The van der Waals surface area contributed by atoms with E-state index in [1.165, 1.54) is 12.1 Å². The van der Waals surface area contributed by atoms with Gasteiger partial charge in [0.15, 0.2) is 0 Å². The highest BCUT2D eigenvalue weighted by molar-refractivity contribution is 5.65. The van der Waals surface area contributed by atoms with E-state index >= 15 is 0 Å². The van der Waals surface area contributed by atoms with Crippen molar-refractivity contribution in [1.29, 1.82) is 0 Å². The predicted octanol–water partition coefficient (Wildman–Crippen LogP) is 4.53. The van der Waals surface area contributed by atoms with Gasteiger partial charge in [-0.15, -0.1) is 0 Å². The van der Waals surface area contributed by atoms with Gasteiger partial charge in [0.1, 0.15) is 18.2 Å². The molecule has 116 valence electrons. The van der Waals surface area contributed by atoms with Crippen molar-refractivity contribution in [2.24, 2.45) is 5.73 Å². The summed E-state index contributed by atoms with van der Waals surface area (Å²) in [6, 6.07) is 22.3. The Morgan fingerprint density at radius 3 is 2.22 bits per heavy atom. The molecule has 0 fully saturated rings. The lowest BCUT2D eigenvalue weighted by atomic mass is 10.0. The first-order chi connectivity index (χ1) is 11.3. The summed E-state index contributed by atoms with van der Waals surface area (Å²) in [5.41, 5.74) is 9.85. The van der Waals surface area contributed by atoms with Gasteiger partial charge in [-0.1, -0.05) is 48.5 Å². The maximum Gasteiger partial charge on any atom is 0.124 e. The molecule has 3 aromatic rings. The Hall–Kier alpha value is -2.65. The molecule has 3 rings (SSSR count). The molecule has 3 aromatic carbocycles. The van der Waals surface area contributed by atoms with Gasteiger partial charge in [-0.25, -0.2) is 4.39 Å². The Labute approximate surface area is 135 Å². The number of rotatable bonds is 5. The van der Waals surface area contributed by atoms with Crippen molar-refractivity contribution in [3.8, 4) is 16.9 Å². The van der Waals surface area contributed by atoms with Crippen LogP contribution in [0, 0.1) is 5.82 Å². The maximum atomic E-state index is 13.0. The van der Waals surface area contributed by atoms with Crippen LogP contribution in [0.4, 0.5) is 4.39 Å². The molecule has 0 bridgehead atoms. The van der Waals surface area contributed by atoms with Crippen LogP contribution in [0.2, 0.25) is 0 Å². The van der Waals surface area contributed by atoms with Gasteiger partial charge in [0.05, 0.1) is 0 Å². The number of ether oxygens (including phenoxy) is 1. The van der Waals surface area contributed by atoms with E-state index in [4.69, 9.17) is 10.5 Å². The molecular weight excluding hydrogens is 289 g/mol. The standard InChI is InChI=1S/C20H18FNO/c21-19-9-6-16(7-10-19)17-8-11-20(18(12-17)13-22)23-14-15-4-2-1-3-5-15/h1-12H,13-14,22H2. The second-order valence-corrected chi connectivity index (χ2v) is 5.31. The molecule has 3 heteroatoms. The molecule has 0 aliphatic carbocycles. The van der Waals surface area contributed by atoms with Crippen molar-refractivity contribution in [1.82, 2.24) is 0 Å². The lowest BCUT2D eigenvalue weighted by Gasteiger charge is -2.12. The molecule has 0 aliphatic rings. The molecule has 0 aromatic heterocycles. The minimum atomic E-state index is -0.240. The lowest BCUT2D eigenvalue weighted by molar-refractivity contribution is 0.303. The molecule has 0 atom stereocenters. The molecule has 0 spiro atoms. The minimum Gasteiger partial charge on any atom is -0.489 e. The molecule has 0 heterocycles. The fraction of sp³-hybridized carbons (Fsp3) is 0.100. The van der Waals surface area contributed by atoms with Crippen LogP contribution in [-0.2, 0) is 13.2 Å². The van der Waals surface area contributed by atoms with Crippen molar-refractivity contribution in [2.75, 3.05) is 0 Å². The highest BCUT2D eigenvalue weighted by atomic mass is 19.1. The Kier molecular flexibility index (Phi) is 4.69. The number of hydrogen-bond donors (Lipinski definition) is 1. The van der Waals surface area contributed by atoms with Crippen LogP contribution in [-0.4, -0.2) is 0 Å². The van der Waals surface area contributed by atoms with E-state index in [2.05, 4.69) is 0 Å². The van der Waals surface area contributed by atoms with Crippen LogP contribution in [0.1, 0.15) is 11.1 Å². The SMILES string of the molecule is NCc1cc(-c2ccc(F)cc2)ccc1OCc1ccccc1. The largest absolute Gasteiger partial charge is 0.489 e. The van der Waals surface area contributed by atoms with Gasteiger partial charge in [0, 0.05) is 12.1 Å². The van der Waals surface area contributed by atoms with Crippen LogP contribution in [0.5, 0.6) is 5.75 Å². The first-order valence-corrected chi connectivity index (χ1v) is 7.52. The molecule has 23 heavy (non-hydrogen) atoms. The number of benzene rings is 3. The summed E-state index contributed by atoms with van der Waals surface area (Å²) in [6.07, 6.45) is 0. The third-order valence-corrected chi connectivity index (χ3v) is 3.70. The third-order valence-electron chi connectivity index (χ3n) is 3.70. The van der Waals surface area contributed by atoms with E-state index in [9.17, 15) is 4.39 Å². The molecule has 2 N–H and O–H groups in total. The van der Waals surface area contributed by atoms with Crippen LogP contribution in [0.3, 0.4) is 0 Å². The zero-order chi connectivity index (χ0) is 16.1. The number of hydrogen-bond acceptors (Lipinski definition) is 2. The highest BCUT2D eigenvalue weighted by Crippen LogP contribution is 2.27. The quantitative estimate of drug-likeness (QED) is 0.751. The number of halogens is 1. The van der Waals surface area contributed by atoms with Crippen LogP contribution >= 0.6 is 0 Å². The van der Waals surface area contributed by atoms with Gasteiger partial charge in [-0.05, 0) is 41.0 Å². The van der Waals surface area contributed by atoms with E-state index in [1.54, 1.807) is 12.1 Å². The van der Waals surface area contributed by atoms with E-state index in [1.807, 2.05) is 48.5 Å². The lowest BCUT2D eigenvalue weighted by Crippen LogP contribution is -2.03. The first kappa shape index (κ1) is 15.3. The zero-order valence-electron chi connectivity index (χ0n) is 12.7. The Bertz CT molecular complexity index is 769. The van der Waals surface area contributed by atoms with Gasteiger partial charge in [0.25, 0.3) is 0 Å². The molecule has 0 unspecified atom stereocenters. The van der Waals surface area contributed by atoms with Crippen LogP contribution in [0.15, 0.2) is 72.8 Å². The average molecular weight is 307 g/mol. The normalized spacial score (nSPS) is 10.5. The Morgan fingerprint density at radius 2 is 1.52 bits per heavy atom. The molecule has 2 nitrogen and oxygen atoms in total. The zero-order valence-corrected chi connectivity index (χ0v) is 12.7. The van der Waals surface area contributed by atoms with Crippen molar-refractivity contribution >= 4 is 0 Å². The van der Waals surface area contributed by atoms with Crippen molar-refractivity contribution in [3.63, 3.8) is 0 Å². The third kappa shape index (κ3) is 3.76. The summed E-state index contributed by atoms with van der Waals surface area (Å²) in [6.45, 7) is 0.892. The monoisotopic (exact) mass is 307 g/mol. The summed E-state index contributed by atoms with van der Waals surface area (Å²) in [5, 5.41) is 0. The summed E-state index contributed by atoms with van der Waals surface area (Å²) in [4.78, 5) is 0.